The molecular formula is C12H12N2O. The molecule has 0 aromatic carbocycles. The van der Waals surface area contributed by atoms with Gasteiger partial charge >= 0.3 is 0 Å². The Hall–Kier alpha value is -1.90. The second kappa shape index (κ2) is 4.09. The molecule has 0 spiro atoms. The number of rotatable bonds is 3. The molecule has 0 fully saturated rings. The van der Waals surface area contributed by atoms with Crippen LogP contribution < -0.4 is 0 Å². The van der Waals surface area contributed by atoms with Gasteiger partial charge in [-0.05, 0) is 24.6 Å². The second-order valence-electron chi connectivity index (χ2n) is 3.49. The molecule has 0 aliphatic heterocycles. The summed E-state index contributed by atoms with van der Waals surface area (Å²) in [6.45, 7) is 2.32. The van der Waals surface area contributed by atoms with Crippen molar-refractivity contribution in [3.05, 3.63) is 54.1 Å². The van der Waals surface area contributed by atoms with Crippen LogP contribution in [-0.2, 0) is 6.54 Å². The van der Waals surface area contributed by atoms with Crippen molar-refractivity contribution in [2.75, 3.05) is 0 Å². The highest BCUT2D eigenvalue weighted by molar-refractivity contribution is 5.93. The fourth-order valence-electron chi connectivity index (χ4n) is 1.45. The molecule has 0 amide bonds. The molecule has 2 aromatic rings. The Labute approximate surface area is 88.4 Å². The zero-order valence-corrected chi connectivity index (χ0v) is 8.55. The van der Waals surface area contributed by atoms with E-state index in [0.29, 0.717) is 0 Å². The van der Waals surface area contributed by atoms with Gasteiger partial charge in [-0.2, -0.15) is 0 Å². The lowest BCUT2D eigenvalue weighted by Crippen LogP contribution is -1.97. The number of Topliss-reactive ketones (excluding diaryl/α,β-unsaturated/α-hetero) is 1. The van der Waals surface area contributed by atoms with Crippen molar-refractivity contribution in [3.8, 4) is 0 Å². The molecule has 0 N–H and O–H groups in total. The molecule has 0 aliphatic rings. The maximum absolute atomic E-state index is 11.1. The molecule has 2 heterocycles. The maximum atomic E-state index is 11.1. The number of ketones is 1. The highest BCUT2D eigenvalue weighted by Crippen LogP contribution is 2.05. The van der Waals surface area contributed by atoms with Crippen molar-refractivity contribution in [2.45, 2.75) is 13.5 Å². The summed E-state index contributed by atoms with van der Waals surface area (Å²) < 4.78 is 1.98. The molecule has 0 radical (unpaired) electrons. The molecule has 0 unspecified atom stereocenters. The minimum Gasteiger partial charge on any atom is -0.349 e. The van der Waals surface area contributed by atoms with E-state index in [0.717, 1.165) is 17.7 Å². The first-order valence-corrected chi connectivity index (χ1v) is 4.81. The molecule has 0 bridgehead atoms. The van der Waals surface area contributed by atoms with E-state index < -0.39 is 0 Å². The van der Waals surface area contributed by atoms with Crippen LogP contribution in [0.25, 0.3) is 0 Å². The van der Waals surface area contributed by atoms with Gasteiger partial charge in [0, 0.05) is 36.9 Å². The van der Waals surface area contributed by atoms with E-state index in [2.05, 4.69) is 4.98 Å². The normalized spacial score (nSPS) is 10.2. The molecule has 15 heavy (non-hydrogen) atoms. The lowest BCUT2D eigenvalue weighted by Gasteiger charge is -2.01. The summed E-state index contributed by atoms with van der Waals surface area (Å²) in [7, 11) is 0. The molecule has 0 saturated heterocycles. The van der Waals surface area contributed by atoms with Crippen LogP contribution in [0.15, 0.2) is 43.0 Å². The topological polar surface area (TPSA) is 34.9 Å². The maximum Gasteiger partial charge on any atom is 0.161 e. The molecule has 3 heteroatoms. The average Bonchev–Trinajstić information content (AvgIpc) is 2.68. The van der Waals surface area contributed by atoms with Gasteiger partial charge in [0.1, 0.15) is 0 Å². The van der Waals surface area contributed by atoms with Crippen molar-refractivity contribution in [1.82, 2.24) is 9.55 Å². The Bertz CT molecular complexity index is 459. The SMILES string of the molecule is CC(=O)c1ccn(Cc2cccnc2)c1. The van der Waals surface area contributed by atoms with Gasteiger partial charge in [0.15, 0.2) is 5.78 Å². The largest absolute Gasteiger partial charge is 0.349 e. The summed E-state index contributed by atoms with van der Waals surface area (Å²) >= 11 is 0. The van der Waals surface area contributed by atoms with Gasteiger partial charge in [0.2, 0.25) is 0 Å². The highest BCUT2D eigenvalue weighted by Gasteiger charge is 2.01. The van der Waals surface area contributed by atoms with Gasteiger partial charge < -0.3 is 4.57 Å². The van der Waals surface area contributed by atoms with Crippen LogP contribution >= 0.6 is 0 Å². The molecule has 0 atom stereocenters. The molecule has 76 valence electrons. The molecular weight excluding hydrogens is 188 g/mol. The lowest BCUT2D eigenvalue weighted by atomic mass is 10.2. The van der Waals surface area contributed by atoms with Crippen LogP contribution in [0.5, 0.6) is 0 Å². The van der Waals surface area contributed by atoms with E-state index in [4.69, 9.17) is 0 Å². The Morgan fingerprint density at radius 1 is 1.47 bits per heavy atom. The number of aromatic nitrogens is 2. The molecule has 3 nitrogen and oxygen atoms in total. The monoisotopic (exact) mass is 200 g/mol. The van der Waals surface area contributed by atoms with E-state index in [1.54, 1.807) is 13.1 Å². The summed E-state index contributed by atoms with van der Waals surface area (Å²) in [5.41, 5.74) is 1.88. The van der Waals surface area contributed by atoms with Crippen LogP contribution in [0.4, 0.5) is 0 Å². The third-order valence-electron chi connectivity index (χ3n) is 2.24. The van der Waals surface area contributed by atoms with E-state index in [9.17, 15) is 4.79 Å². The average molecular weight is 200 g/mol. The number of pyridine rings is 1. The first-order chi connectivity index (χ1) is 7.25. The Kier molecular flexibility index (Phi) is 2.63. The molecule has 2 rings (SSSR count). The molecule has 0 saturated carbocycles. The fourth-order valence-corrected chi connectivity index (χ4v) is 1.45. The predicted molar refractivity (Wildman–Crippen MR) is 57.8 cm³/mol. The first kappa shape index (κ1) is 9.65. The van der Waals surface area contributed by atoms with Crippen molar-refractivity contribution in [1.29, 1.82) is 0 Å². The zero-order valence-electron chi connectivity index (χ0n) is 8.55. The Morgan fingerprint density at radius 2 is 2.33 bits per heavy atom. The lowest BCUT2D eigenvalue weighted by molar-refractivity contribution is 0.101. The van der Waals surface area contributed by atoms with Crippen LogP contribution in [0.1, 0.15) is 22.8 Å². The van der Waals surface area contributed by atoms with Gasteiger partial charge in [-0.15, -0.1) is 0 Å². The number of carbonyl (C=O) groups is 1. The first-order valence-electron chi connectivity index (χ1n) is 4.81. The number of carbonyl (C=O) groups excluding carboxylic acids is 1. The standard InChI is InChI=1S/C12H12N2O/c1-10(15)12-4-6-14(9-12)8-11-3-2-5-13-7-11/h2-7,9H,8H2,1H3. The third-order valence-corrected chi connectivity index (χ3v) is 2.24. The predicted octanol–water partition coefficient (Wildman–Crippen LogP) is 2.13. The van der Waals surface area contributed by atoms with Crippen LogP contribution in [0.3, 0.4) is 0 Å². The van der Waals surface area contributed by atoms with Crippen LogP contribution in [0.2, 0.25) is 0 Å². The van der Waals surface area contributed by atoms with Crippen molar-refractivity contribution in [2.24, 2.45) is 0 Å². The Balaban J connectivity index is 2.15. The number of hydrogen-bond donors (Lipinski definition) is 0. The van der Waals surface area contributed by atoms with Gasteiger partial charge in [-0.25, -0.2) is 0 Å². The summed E-state index contributed by atoms with van der Waals surface area (Å²) in [6, 6.07) is 5.75. The minimum atomic E-state index is 0.0972. The van der Waals surface area contributed by atoms with Crippen molar-refractivity contribution in [3.63, 3.8) is 0 Å². The third kappa shape index (κ3) is 2.31. The highest BCUT2D eigenvalue weighted by atomic mass is 16.1. The van der Waals surface area contributed by atoms with Gasteiger partial charge in [0.05, 0.1) is 0 Å². The van der Waals surface area contributed by atoms with E-state index in [-0.39, 0.29) is 5.78 Å². The fraction of sp³-hybridized carbons (Fsp3) is 0.167. The second-order valence-corrected chi connectivity index (χ2v) is 3.49. The van der Waals surface area contributed by atoms with Crippen molar-refractivity contribution >= 4 is 5.78 Å². The quantitative estimate of drug-likeness (QED) is 0.711. The van der Waals surface area contributed by atoms with Crippen molar-refractivity contribution < 1.29 is 4.79 Å². The molecule has 0 aliphatic carbocycles. The van der Waals surface area contributed by atoms with Crippen LogP contribution in [-0.4, -0.2) is 15.3 Å². The smallest absolute Gasteiger partial charge is 0.161 e. The minimum absolute atomic E-state index is 0.0972. The zero-order chi connectivity index (χ0) is 10.7. The summed E-state index contributed by atoms with van der Waals surface area (Å²) in [5, 5.41) is 0. The van der Waals surface area contributed by atoms with Gasteiger partial charge in [-0.1, -0.05) is 6.07 Å². The van der Waals surface area contributed by atoms with Gasteiger partial charge in [-0.3, -0.25) is 9.78 Å². The number of hydrogen-bond acceptors (Lipinski definition) is 2. The number of nitrogens with zero attached hydrogens (tertiary/aromatic N) is 2. The Morgan fingerprint density at radius 3 is 2.93 bits per heavy atom. The van der Waals surface area contributed by atoms with E-state index in [1.807, 2.05) is 41.4 Å². The van der Waals surface area contributed by atoms with E-state index in [1.165, 1.54) is 0 Å². The summed E-state index contributed by atoms with van der Waals surface area (Å²) in [4.78, 5) is 15.1. The summed E-state index contributed by atoms with van der Waals surface area (Å²) in [6.07, 6.45) is 7.34. The summed E-state index contributed by atoms with van der Waals surface area (Å²) in [5.74, 6) is 0.0972. The van der Waals surface area contributed by atoms with Crippen LogP contribution in [0, 0.1) is 0 Å². The van der Waals surface area contributed by atoms with Gasteiger partial charge in [0.25, 0.3) is 0 Å². The van der Waals surface area contributed by atoms with E-state index >= 15 is 0 Å². The molecule has 2 aromatic heterocycles.